The predicted molar refractivity (Wildman–Crippen MR) is 162 cm³/mol. The van der Waals surface area contributed by atoms with Crippen molar-refractivity contribution in [3.63, 3.8) is 0 Å². The van der Waals surface area contributed by atoms with Gasteiger partial charge in [-0.1, -0.05) is 23.5 Å². The molecule has 3 N–H and O–H groups in total. The zero-order valence-corrected chi connectivity index (χ0v) is 24.5. The zero-order valence-electron chi connectivity index (χ0n) is 23.7. The third-order valence-electron chi connectivity index (χ3n) is 8.13. The Bertz CT molecular complexity index is 1750. The van der Waals surface area contributed by atoms with Crippen molar-refractivity contribution in [1.82, 2.24) is 25.1 Å². The lowest BCUT2D eigenvalue weighted by Crippen LogP contribution is -2.42. The summed E-state index contributed by atoms with van der Waals surface area (Å²) in [7, 11) is 0. The highest BCUT2D eigenvalue weighted by atomic mass is 32.1. The van der Waals surface area contributed by atoms with E-state index < -0.39 is 17.8 Å². The SMILES string of the molecule is O=C(Nc1nc2ccc(-c3ccc4c(c3)CN(C(=O)Nc3cc(CN5CCNCC5)cc(C(F)(F)F)c3)C4)nc2s1)C1CC1. The molecule has 9 nitrogen and oxygen atoms in total. The number of benzene rings is 2. The predicted octanol–water partition coefficient (Wildman–Crippen LogP) is 5.68. The van der Waals surface area contributed by atoms with E-state index >= 15 is 0 Å². The van der Waals surface area contributed by atoms with Crippen LogP contribution in [-0.4, -0.2) is 57.9 Å². The van der Waals surface area contributed by atoms with Gasteiger partial charge in [0.25, 0.3) is 0 Å². The Labute approximate surface area is 255 Å². The first-order chi connectivity index (χ1) is 21.2. The molecule has 2 aromatic heterocycles. The third kappa shape index (κ3) is 6.26. The molecular weight excluding hydrogens is 591 g/mol. The summed E-state index contributed by atoms with van der Waals surface area (Å²) in [5, 5.41) is 9.36. The second-order valence-electron chi connectivity index (χ2n) is 11.5. The van der Waals surface area contributed by atoms with Gasteiger partial charge in [0.05, 0.1) is 11.3 Å². The molecule has 2 aliphatic heterocycles. The van der Waals surface area contributed by atoms with Crippen LogP contribution in [0, 0.1) is 5.92 Å². The number of alkyl halides is 3. The lowest BCUT2D eigenvalue weighted by Gasteiger charge is -2.27. The number of pyridine rings is 1. The summed E-state index contributed by atoms with van der Waals surface area (Å²) in [5.74, 6) is 0.0868. The van der Waals surface area contributed by atoms with Crippen molar-refractivity contribution in [1.29, 1.82) is 0 Å². The molecular formula is C31H30F3N7O2S. The highest BCUT2D eigenvalue weighted by Crippen LogP contribution is 2.35. The molecule has 0 bridgehead atoms. The third-order valence-corrected chi connectivity index (χ3v) is 9.01. The van der Waals surface area contributed by atoms with E-state index in [-0.39, 0.29) is 17.5 Å². The summed E-state index contributed by atoms with van der Waals surface area (Å²) >= 11 is 1.33. The molecule has 4 heterocycles. The highest BCUT2D eigenvalue weighted by Gasteiger charge is 2.32. The first-order valence-electron chi connectivity index (χ1n) is 14.6. The largest absolute Gasteiger partial charge is 0.416 e. The van der Waals surface area contributed by atoms with E-state index in [1.54, 1.807) is 11.0 Å². The van der Waals surface area contributed by atoms with Gasteiger partial charge in [0.15, 0.2) is 5.13 Å². The van der Waals surface area contributed by atoms with Crippen molar-refractivity contribution in [2.24, 2.45) is 5.92 Å². The summed E-state index contributed by atoms with van der Waals surface area (Å²) in [6.07, 6.45) is -2.69. The van der Waals surface area contributed by atoms with E-state index in [1.165, 1.54) is 11.3 Å². The van der Waals surface area contributed by atoms with Gasteiger partial charge in [0, 0.05) is 63.0 Å². The van der Waals surface area contributed by atoms with Crippen molar-refractivity contribution in [2.45, 2.75) is 38.7 Å². The Morgan fingerprint density at radius 2 is 1.75 bits per heavy atom. The van der Waals surface area contributed by atoms with Crippen LogP contribution in [0.2, 0.25) is 0 Å². The number of carbonyl (C=O) groups is 2. The Morgan fingerprint density at radius 1 is 0.955 bits per heavy atom. The molecule has 13 heteroatoms. The van der Waals surface area contributed by atoms with Gasteiger partial charge in [0.2, 0.25) is 5.91 Å². The number of halogens is 3. The average Bonchev–Trinajstić information content (AvgIpc) is 3.64. The number of piperazine rings is 1. The number of nitrogens with one attached hydrogen (secondary N) is 3. The van der Waals surface area contributed by atoms with E-state index in [9.17, 15) is 22.8 Å². The number of anilines is 2. The van der Waals surface area contributed by atoms with Crippen LogP contribution in [0.15, 0.2) is 48.5 Å². The maximum Gasteiger partial charge on any atom is 0.416 e. The Balaban J connectivity index is 1.05. The van der Waals surface area contributed by atoms with Crippen LogP contribution in [-0.2, 0) is 30.6 Å². The zero-order chi connectivity index (χ0) is 30.4. The molecule has 0 spiro atoms. The molecule has 7 rings (SSSR count). The van der Waals surface area contributed by atoms with Crippen LogP contribution in [0.5, 0.6) is 0 Å². The van der Waals surface area contributed by atoms with E-state index in [1.807, 2.05) is 30.3 Å². The van der Waals surface area contributed by atoms with Crippen LogP contribution < -0.4 is 16.0 Å². The van der Waals surface area contributed by atoms with Gasteiger partial charge in [0.1, 0.15) is 10.3 Å². The molecule has 2 aromatic carbocycles. The monoisotopic (exact) mass is 621 g/mol. The number of fused-ring (bicyclic) bond motifs is 2. The van der Waals surface area contributed by atoms with Crippen LogP contribution in [0.3, 0.4) is 0 Å². The molecule has 1 aliphatic carbocycles. The minimum absolute atomic E-state index is 0.000195. The number of carbonyl (C=O) groups excluding carboxylic acids is 2. The first kappa shape index (κ1) is 28.7. The Hall–Kier alpha value is -4.07. The van der Waals surface area contributed by atoms with Crippen molar-refractivity contribution in [3.05, 3.63) is 70.8 Å². The van der Waals surface area contributed by atoms with Crippen LogP contribution in [0.1, 0.15) is 35.1 Å². The van der Waals surface area contributed by atoms with E-state index in [0.717, 1.165) is 73.5 Å². The fourth-order valence-electron chi connectivity index (χ4n) is 5.63. The Morgan fingerprint density at radius 3 is 2.52 bits per heavy atom. The van der Waals surface area contributed by atoms with Crippen LogP contribution in [0.25, 0.3) is 21.6 Å². The van der Waals surface area contributed by atoms with Crippen molar-refractivity contribution in [3.8, 4) is 11.3 Å². The van der Waals surface area contributed by atoms with Gasteiger partial charge < -0.3 is 20.9 Å². The topological polar surface area (TPSA) is 102 Å². The summed E-state index contributed by atoms with van der Waals surface area (Å²) in [6, 6.07) is 13.0. The summed E-state index contributed by atoms with van der Waals surface area (Å²) in [4.78, 5) is 39.0. The number of amides is 3. The minimum Gasteiger partial charge on any atom is -0.316 e. The molecule has 2 fully saturated rings. The molecule has 44 heavy (non-hydrogen) atoms. The number of rotatable bonds is 6. The molecule has 0 radical (unpaired) electrons. The Kier molecular flexibility index (Phi) is 7.47. The quantitative estimate of drug-likeness (QED) is 0.256. The fraction of sp³-hybridized carbons (Fsp3) is 0.355. The molecule has 1 saturated carbocycles. The molecule has 1 saturated heterocycles. The van der Waals surface area contributed by atoms with Crippen molar-refractivity contribution in [2.75, 3.05) is 36.8 Å². The maximum atomic E-state index is 13.7. The maximum absolute atomic E-state index is 13.7. The van der Waals surface area contributed by atoms with Gasteiger partial charge in [-0.2, -0.15) is 13.2 Å². The van der Waals surface area contributed by atoms with E-state index in [4.69, 9.17) is 4.98 Å². The molecule has 0 unspecified atom stereocenters. The molecule has 0 atom stereocenters. The molecule has 4 aromatic rings. The van der Waals surface area contributed by atoms with Gasteiger partial charge in [-0.05, 0) is 65.9 Å². The van der Waals surface area contributed by atoms with Crippen LogP contribution in [0.4, 0.5) is 28.8 Å². The fourth-order valence-corrected chi connectivity index (χ4v) is 6.47. The van der Waals surface area contributed by atoms with Gasteiger partial charge >= 0.3 is 12.2 Å². The standard InChI is InChI=1S/C31H30F3N7O2S/c32-31(33,34)23-11-18(15-40-9-7-35-8-10-40)12-24(14-23)36-30(43)41-16-21-4-3-20(13-22(21)17-41)25-5-6-26-28(37-25)44-29(38-26)39-27(42)19-1-2-19/h3-6,11-14,19,35H,1-2,7-10,15-17H2,(H,36,43)(H,38,39,42). The van der Waals surface area contributed by atoms with Gasteiger partial charge in [-0.25, -0.2) is 14.8 Å². The number of hydrogen-bond donors (Lipinski definition) is 3. The van der Waals surface area contributed by atoms with Crippen molar-refractivity contribution < 1.29 is 22.8 Å². The lowest BCUT2D eigenvalue weighted by molar-refractivity contribution is -0.137. The second kappa shape index (κ2) is 11.5. The van der Waals surface area contributed by atoms with Gasteiger partial charge in [-0.15, -0.1) is 0 Å². The smallest absolute Gasteiger partial charge is 0.316 e. The second-order valence-corrected chi connectivity index (χ2v) is 12.5. The minimum atomic E-state index is -4.53. The highest BCUT2D eigenvalue weighted by molar-refractivity contribution is 7.22. The number of urea groups is 1. The van der Waals surface area contributed by atoms with E-state index in [0.29, 0.717) is 40.7 Å². The first-order valence-corrected chi connectivity index (χ1v) is 15.4. The number of thiazole rings is 1. The van der Waals surface area contributed by atoms with E-state index in [2.05, 4.69) is 25.8 Å². The number of hydrogen-bond acceptors (Lipinski definition) is 7. The molecule has 3 amide bonds. The number of nitrogens with zero attached hydrogens (tertiary/aromatic N) is 4. The van der Waals surface area contributed by atoms with Crippen molar-refractivity contribution >= 4 is 44.4 Å². The molecule has 228 valence electrons. The lowest BCUT2D eigenvalue weighted by atomic mass is 10.0. The normalized spacial score (nSPS) is 17.1. The molecule has 3 aliphatic rings. The summed E-state index contributed by atoms with van der Waals surface area (Å²) in [5.41, 5.74) is 4.10. The summed E-state index contributed by atoms with van der Waals surface area (Å²) in [6.45, 7) is 4.12. The summed E-state index contributed by atoms with van der Waals surface area (Å²) < 4.78 is 41.2. The van der Waals surface area contributed by atoms with Crippen LogP contribution >= 0.6 is 11.3 Å². The average molecular weight is 622 g/mol. The van der Waals surface area contributed by atoms with Gasteiger partial charge in [-0.3, -0.25) is 9.69 Å². The number of aromatic nitrogens is 2.